The maximum atomic E-state index is 5.90. The Hall–Kier alpha value is -2.13. The van der Waals surface area contributed by atoms with Crippen molar-refractivity contribution in [1.29, 1.82) is 0 Å². The SMILES string of the molecule is CC(Nc1ncc2ccccc2n1)c1ccc(Cl)cc1. The number of nitrogens with zero attached hydrogens (tertiary/aromatic N) is 2. The summed E-state index contributed by atoms with van der Waals surface area (Å²) in [7, 11) is 0. The normalized spacial score (nSPS) is 12.3. The van der Waals surface area contributed by atoms with Gasteiger partial charge in [-0.25, -0.2) is 9.97 Å². The van der Waals surface area contributed by atoms with Gasteiger partial charge < -0.3 is 5.32 Å². The number of hydrogen-bond donors (Lipinski definition) is 1. The first-order valence-corrected chi connectivity index (χ1v) is 6.84. The Bertz CT molecular complexity index is 725. The van der Waals surface area contributed by atoms with E-state index in [-0.39, 0.29) is 6.04 Å². The van der Waals surface area contributed by atoms with Gasteiger partial charge in [0, 0.05) is 16.6 Å². The third-order valence-corrected chi connectivity index (χ3v) is 3.46. The van der Waals surface area contributed by atoms with Crippen LogP contribution in [0.3, 0.4) is 0 Å². The van der Waals surface area contributed by atoms with Crippen molar-refractivity contribution in [2.45, 2.75) is 13.0 Å². The highest BCUT2D eigenvalue weighted by Crippen LogP contribution is 2.20. The van der Waals surface area contributed by atoms with E-state index in [1.807, 2.05) is 54.7 Å². The fourth-order valence-electron chi connectivity index (χ4n) is 2.07. The van der Waals surface area contributed by atoms with E-state index in [4.69, 9.17) is 11.6 Å². The monoisotopic (exact) mass is 283 g/mol. The zero-order chi connectivity index (χ0) is 13.9. The van der Waals surface area contributed by atoms with E-state index < -0.39 is 0 Å². The Morgan fingerprint density at radius 3 is 2.60 bits per heavy atom. The highest BCUT2D eigenvalue weighted by molar-refractivity contribution is 6.30. The number of hydrogen-bond acceptors (Lipinski definition) is 3. The van der Waals surface area contributed by atoms with Crippen molar-refractivity contribution in [3.8, 4) is 0 Å². The number of halogens is 1. The van der Waals surface area contributed by atoms with Crippen molar-refractivity contribution in [1.82, 2.24) is 9.97 Å². The average Bonchev–Trinajstić information content (AvgIpc) is 2.48. The van der Waals surface area contributed by atoms with Crippen molar-refractivity contribution < 1.29 is 0 Å². The van der Waals surface area contributed by atoms with Gasteiger partial charge in [0.25, 0.3) is 0 Å². The molecule has 100 valence electrons. The van der Waals surface area contributed by atoms with E-state index in [0.717, 1.165) is 21.5 Å². The van der Waals surface area contributed by atoms with Crippen LogP contribution in [0.15, 0.2) is 54.7 Å². The van der Waals surface area contributed by atoms with Gasteiger partial charge in [0.15, 0.2) is 0 Å². The largest absolute Gasteiger partial charge is 0.348 e. The van der Waals surface area contributed by atoms with Gasteiger partial charge >= 0.3 is 0 Å². The van der Waals surface area contributed by atoms with Gasteiger partial charge in [0.1, 0.15) is 0 Å². The van der Waals surface area contributed by atoms with Crippen LogP contribution < -0.4 is 5.32 Å². The molecular weight excluding hydrogens is 270 g/mol. The molecule has 0 fully saturated rings. The standard InChI is InChI=1S/C16H14ClN3/c1-11(12-6-8-14(17)9-7-12)19-16-18-10-13-4-2-3-5-15(13)20-16/h2-11H,1H3,(H,18,19,20). The molecule has 0 aliphatic rings. The van der Waals surface area contributed by atoms with Crippen LogP contribution in [0.5, 0.6) is 0 Å². The Morgan fingerprint density at radius 1 is 1.05 bits per heavy atom. The highest BCUT2D eigenvalue weighted by Gasteiger charge is 2.07. The fourth-order valence-corrected chi connectivity index (χ4v) is 2.20. The second-order valence-electron chi connectivity index (χ2n) is 4.67. The molecule has 1 aromatic heterocycles. The number of fused-ring (bicyclic) bond motifs is 1. The van der Waals surface area contributed by atoms with Crippen molar-refractivity contribution >= 4 is 28.5 Å². The van der Waals surface area contributed by atoms with Crippen LogP contribution in [0, 0.1) is 0 Å². The summed E-state index contributed by atoms with van der Waals surface area (Å²) in [5.41, 5.74) is 2.08. The van der Waals surface area contributed by atoms with Crippen molar-refractivity contribution in [3.63, 3.8) is 0 Å². The molecule has 0 amide bonds. The lowest BCUT2D eigenvalue weighted by Gasteiger charge is -2.14. The zero-order valence-corrected chi connectivity index (χ0v) is 11.8. The predicted octanol–water partition coefficient (Wildman–Crippen LogP) is 4.46. The zero-order valence-electron chi connectivity index (χ0n) is 11.0. The third-order valence-electron chi connectivity index (χ3n) is 3.20. The first-order valence-electron chi connectivity index (χ1n) is 6.46. The molecule has 1 unspecified atom stereocenters. The quantitative estimate of drug-likeness (QED) is 0.771. The van der Waals surface area contributed by atoms with Crippen molar-refractivity contribution in [2.24, 2.45) is 0 Å². The van der Waals surface area contributed by atoms with E-state index in [2.05, 4.69) is 22.2 Å². The number of benzene rings is 2. The molecule has 1 N–H and O–H groups in total. The maximum Gasteiger partial charge on any atom is 0.223 e. The number of anilines is 1. The Kier molecular flexibility index (Phi) is 3.52. The highest BCUT2D eigenvalue weighted by atomic mass is 35.5. The topological polar surface area (TPSA) is 37.8 Å². The number of rotatable bonds is 3. The summed E-state index contributed by atoms with van der Waals surface area (Å²) in [4.78, 5) is 8.85. The van der Waals surface area contributed by atoms with Crippen LogP contribution >= 0.6 is 11.6 Å². The van der Waals surface area contributed by atoms with Gasteiger partial charge in [-0.3, -0.25) is 0 Å². The number of aromatic nitrogens is 2. The number of nitrogens with one attached hydrogen (secondary N) is 1. The first kappa shape index (κ1) is 12.9. The molecule has 3 rings (SSSR count). The van der Waals surface area contributed by atoms with Crippen molar-refractivity contribution in [3.05, 3.63) is 65.3 Å². The minimum Gasteiger partial charge on any atom is -0.348 e. The molecule has 0 aliphatic heterocycles. The van der Waals surface area contributed by atoms with E-state index >= 15 is 0 Å². The molecule has 3 aromatic rings. The minimum atomic E-state index is 0.119. The minimum absolute atomic E-state index is 0.119. The van der Waals surface area contributed by atoms with E-state index in [0.29, 0.717) is 5.95 Å². The molecule has 4 heteroatoms. The van der Waals surface area contributed by atoms with Crippen LogP contribution in [0.4, 0.5) is 5.95 Å². The molecule has 2 aromatic carbocycles. The lowest BCUT2D eigenvalue weighted by atomic mass is 10.1. The van der Waals surface area contributed by atoms with E-state index in [9.17, 15) is 0 Å². The van der Waals surface area contributed by atoms with E-state index in [1.165, 1.54) is 0 Å². The summed E-state index contributed by atoms with van der Waals surface area (Å²) in [6.45, 7) is 2.07. The van der Waals surface area contributed by atoms with Gasteiger partial charge in [-0.05, 0) is 30.7 Å². The predicted molar refractivity (Wildman–Crippen MR) is 83.0 cm³/mol. The third kappa shape index (κ3) is 2.73. The summed E-state index contributed by atoms with van der Waals surface area (Å²) in [6, 6.07) is 15.8. The molecular formula is C16H14ClN3. The Balaban J connectivity index is 1.83. The molecule has 1 atom stereocenters. The average molecular weight is 284 g/mol. The number of para-hydroxylation sites is 1. The molecule has 0 bridgehead atoms. The van der Waals surface area contributed by atoms with Crippen LogP contribution in [-0.2, 0) is 0 Å². The van der Waals surface area contributed by atoms with Crippen molar-refractivity contribution in [2.75, 3.05) is 5.32 Å². The van der Waals surface area contributed by atoms with Crippen LogP contribution in [-0.4, -0.2) is 9.97 Å². The van der Waals surface area contributed by atoms with Crippen LogP contribution in [0.25, 0.3) is 10.9 Å². The molecule has 1 heterocycles. The van der Waals surface area contributed by atoms with Gasteiger partial charge in [-0.15, -0.1) is 0 Å². The summed E-state index contributed by atoms with van der Waals surface area (Å²) in [5, 5.41) is 5.08. The van der Waals surface area contributed by atoms with Gasteiger partial charge in [-0.2, -0.15) is 0 Å². The molecule has 0 saturated heterocycles. The summed E-state index contributed by atoms with van der Waals surface area (Å²) in [5.74, 6) is 0.631. The lowest BCUT2D eigenvalue weighted by molar-refractivity contribution is 0.864. The van der Waals surface area contributed by atoms with Gasteiger partial charge in [0.2, 0.25) is 5.95 Å². The molecule has 20 heavy (non-hydrogen) atoms. The van der Waals surface area contributed by atoms with Crippen LogP contribution in [0.1, 0.15) is 18.5 Å². The smallest absolute Gasteiger partial charge is 0.223 e. The summed E-state index contributed by atoms with van der Waals surface area (Å²) < 4.78 is 0. The molecule has 0 aliphatic carbocycles. The summed E-state index contributed by atoms with van der Waals surface area (Å²) >= 11 is 5.90. The van der Waals surface area contributed by atoms with E-state index in [1.54, 1.807) is 0 Å². The van der Waals surface area contributed by atoms with Crippen LogP contribution in [0.2, 0.25) is 5.02 Å². The molecule has 3 nitrogen and oxygen atoms in total. The van der Waals surface area contributed by atoms with Gasteiger partial charge in [-0.1, -0.05) is 41.9 Å². The first-order chi connectivity index (χ1) is 9.72. The second kappa shape index (κ2) is 5.47. The molecule has 0 spiro atoms. The lowest BCUT2D eigenvalue weighted by Crippen LogP contribution is -2.09. The maximum absolute atomic E-state index is 5.90. The Morgan fingerprint density at radius 2 is 1.80 bits per heavy atom. The molecule has 0 radical (unpaired) electrons. The molecule has 0 saturated carbocycles. The van der Waals surface area contributed by atoms with Gasteiger partial charge in [0.05, 0.1) is 11.6 Å². The Labute approximate surface area is 122 Å². The summed E-state index contributed by atoms with van der Waals surface area (Å²) in [6.07, 6.45) is 1.83. The second-order valence-corrected chi connectivity index (χ2v) is 5.11. The fraction of sp³-hybridized carbons (Fsp3) is 0.125.